The minimum atomic E-state index is -0.779. The number of hydrogen-bond acceptors (Lipinski definition) is 8. The fourth-order valence-corrected chi connectivity index (χ4v) is 10.7. The highest BCUT2D eigenvalue weighted by atomic mass is 16.3. The number of hydrogen-bond donors (Lipinski definition) is 2. The summed E-state index contributed by atoms with van der Waals surface area (Å²) in [5, 5.41) is 12.5. The van der Waals surface area contributed by atoms with E-state index in [1.165, 1.54) is 39.9 Å². The lowest BCUT2D eigenvalue weighted by Crippen LogP contribution is -2.63. The normalized spacial score (nSPS) is 22.5. The summed E-state index contributed by atoms with van der Waals surface area (Å²) in [4.78, 5) is 71.5. The number of likely N-dealkylation sites (tertiary alicyclic amines) is 1. The molecule has 3 unspecified atom stereocenters. The molecule has 1 spiro atoms. The van der Waals surface area contributed by atoms with Crippen LogP contribution in [-0.2, 0) is 33.8 Å². The molecule has 11 heteroatoms. The molecular weight excluding hydrogens is 755 g/mol. The van der Waals surface area contributed by atoms with Crippen molar-refractivity contribution in [3.05, 3.63) is 129 Å². The average molecular weight is 808 g/mol. The number of amides is 4. The number of imide groups is 1. The quantitative estimate of drug-likeness (QED) is 0.168. The van der Waals surface area contributed by atoms with E-state index in [-0.39, 0.29) is 47.1 Å². The van der Waals surface area contributed by atoms with Gasteiger partial charge < -0.3 is 19.8 Å². The van der Waals surface area contributed by atoms with Gasteiger partial charge in [-0.05, 0) is 127 Å². The lowest BCUT2D eigenvalue weighted by molar-refractivity contribution is -0.146. The average Bonchev–Trinajstić information content (AvgIpc) is 3.45. The van der Waals surface area contributed by atoms with Gasteiger partial charge in [-0.25, -0.2) is 0 Å². The van der Waals surface area contributed by atoms with Crippen LogP contribution in [0.5, 0.6) is 5.75 Å². The fraction of sp³-hybridized carbons (Fsp3) is 0.408. The third-order valence-electron chi connectivity index (χ3n) is 14.1. The van der Waals surface area contributed by atoms with Crippen molar-refractivity contribution in [2.75, 3.05) is 51.2 Å². The van der Waals surface area contributed by atoms with Gasteiger partial charge in [0.05, 0.1) is 12.1 Å². The van der Waals surface area contributed by atoms with Crippen molar-refractivity contribution < 1.29 is 29.1 Å². The van der Waals surface area contributed by atoms with Gasteiger partial charge in [-0.15, -0.1) is 0 Å². The van der Waals surface area contributed by atoms with Crippen molar-refractivity contribution >= 4 is 35.6 Å². The summed E-state index contributed by atoms with van der Waals surface area (Å²) < 4.78 is 0. The van der Waals surface area contributed by atoms with Crippen LogP contribution in [0.15, 0.2) is 84.9 Å². The molecule has 9 rings (SSSR count). The molecule has 5 aliphatic rings. The lowest BCUT2D eigenvalue weighted by Gasteiger charge is -2.54. The predicted molar refractivity (Wildman–Crippen MR) is 228 cm³/mol. The third kappa shape index (κ3) is 7.71. The molecule has 0 aromatic heterocycles. The van der Waals surface area contributed by atoms with Crippen LogP contribution >= 0.6 is 0 Å². The molecule has 2 N–H and O–H groups in total. The van der Waals surface area contributed by atoms with Crippen LogP contribution in [0.2, 0.25) is 0 Å². The number of likely N-dealkylation sites (N-methyl/N-ethyl adjacent to an activating group) is 1. The van der Waals surface area contributed by atoms with Crippen molar-refractivity contribution in [2.24, 2.45) is 5.41 Å². The second-order valence-electron chi connectivity index (χ2n) is 17.8. The van der Waals surface area contributed by atoms with Crippen LogP contribution in [0.4, 0.5) is 5.69 Å². The molecule has 0 bridgehead atoms. The van der Waals surface area contributed by atoms with Crippen LogP contribution in [-0.4, -0.2) is 102 Å². The molecule has 4 aromatic carbocycles. The molecule has 4 aliphatic heterocycles. The maximum absolute atomic E-state index is 13.6. The number of nitrogens with one attached hydrogen (secondary N) is 1. The maximum atomic E-state index is 13.6. The second kappa shape index (κ2) is 16.3. The zero-order valence-corrected chi connectivity index (χ0v) is 34.3. The van der Waals surface area contributed by atoms with Gasteiger partial charge in [0.15, 0.2) is 6.29 Å². The van der Waals surface area contributed by atoms with Crippen LogP contribution in [0.25, 0.3) is 0 Å². The number of carbonyl (C=O) groups excluding carboxylic acids is 5. The van der Waals surface area contributed by atoms with E-state index in [1.54, 1.807) is 12.1 Å². The first-order chi connectivity index (χ1) is 29.1. The van der Waals surface area contributed by atoms with E-state index in [9.17, 15) is 29.1 Å². The molecule has 310 valence electrons. The molecule has 1 aliphatic carbocycles. The summed E-state index contributed by atoms with van der Waals surface area (Å²) in [7, 11) is 1.53. The molecule has 4 heterocycles. The Labute approximate surface area is 351 Å². The first-order valence-corrected chi connectivity index (χ1v) is 21.5. The number of aryl methyl sites for hydroxylation is 2. The SMILES string of the molecule is CN(C(=O)c1cc2c(cc1C=O)CN(CC(=O)N1CC3(CCN(c4ccc(C5c6ccc(O)cc6CCC5c5ccccc5)cc4)CC3)C1)CCC2)C1CCC(=O)NC1=O. The highest BCUT2D eigenvalue weighted by Crippen LogP contribution is 2.48. The number of fused-ring (bicyclic) bond motifs is 2. The summed E-state index contributed by atoms with van der Waals surface area (Å²) in [5.41, 5.74) is 8.98. The van der Waals surface area contributed by atoms with Crippen molar-refractivity contribution in [1.82, 2.24) is 20.0 Å². The Balaban J connectivity index is 0.797. The number of phenolic OH excluding ortho intramolecular Hbond substituents is 1. The Bertz CT molecular complexity index is 2310. The Kier molecular flexibility index (Phi) is 10.8. The van der Waals surface area contributed by atoms with E-state index in [0.29, 0.717) is 37.5 Å². The number of anilines is 1. The maximum Gasteiger partial charge on any atom is 0.255 e. The summed E-state index contributed by atoms with van der Waals surface area (Å²) >= 11 is 0. The fourth-order valence-electron chi connectivity index (χ4n) is 10.7. The zero-order valence-electron chi connectivity index (χ0n) is 34.3. The summed E-state index contributed by atoms with van der Waals surface area (Å²) in [6, 6.07) is 28.6. The molecule has 60 heavy (non-hydrogen) atoms. The Morgan fingerprint density at radius 3 is 2.35 bits per heavy atom. The number of piperidine rings is 2. The van der Waals surface area contributed by atoms with Gasteiger partial charge in [-0.2, -0.15) is 0 Å². The topological polar surface area (TPSA) is 131 Å². The standard InChI is InChI=1S/C49H53N5O6/c1-51(43-17-18-44(57)50-47(43)59)48(60)42-26-34-8-5-21-52(27-36(34)24-37(42)29-55)28-45(58)54-30-49(31-54)19-22-53(23-20-49)38-12-9-33(10-13-38)46-40(32-6-3-2-4-7-32)15-11-35-25-39(56)14-16-41(35)46/h2-4,6-7,9-10,12-14,16,24-26,29,40,43,46,56H,5,8,11,15,17-23,27-28,30-31H2,1H3,(H,50,57,59). The molecule has 0 radical (unpaired) electrons. The second-order valence-corrected chi connectivity index (χ2v) is 17.8. The molecule has 3 fully saturated rings. The van der Waals surface area contributed by atoms with Gasteiger partial charge >= 0.3 is 0 Å². The molecule has 3 saturated heterocycles. The Morgan fingerprint density at radius 1 is 0.850 bits per heavy atom. The van der Waals surface area contributed by atoms with Crippen LogP contribution in [0.1, 0.15) is 104 Å². The number of phenols is 1. The number of carbonyl (C=O) groups is 5. The summed E-state index contributed by atoms with van der Waals surface area (Å²) in [6.45, 7) is 5.01. The molecular formula is C49H53N5O6. The van der Waals surface area contributed by atoms with E-state index < -0.39 is 17.9 Å². The minimum Gasteiger partial charge on any atom is -0.508 e. The van der Waals surface area contributed by atoms with Crippen LogP contribution in [0, 0.1) is 5.41 Å². The van der Waals surface area contributed by atoms with E-state index >= 15 is 0 Å². The van der Waals surface area contributed by atoms with Crippen molar-refractivity contribution in [1.29, 1.82) is 0 Å². The molecule has 4 aromatic rings. The van der Waals surface area contributed by atoms with Gasteiger partial charge in [0.1, 0.15) is 11.8 Å². The Hall–Kier alpha value is -5.81. The van der Waals surface area contributed by atoms with Gasteiger partial charge in [0.2, 0.25) is 17.7 Å². The largest absolute Gasteiger partial charge is 0.508 e. The van der Waals surface area contributed by atoms with Gasteiger partial charge in [0.25, 0.3) is 5.91 Å². The minimum absolute atomic E-state index is 0.128. The summed E-state index contributed by atoms with van der Waals surface area (Å²) in [6.07, 6.45) is 6.66. The molecule has 0 saturated carbocycles. The van der Waals surface area contributed by atoms with Crippen molar-refractivity contribution in [3.63, 3.8) is 0 Å². The summed E-state index contributed by atoms with van der Waals surface area (Å²) in [5.74, 6) is -0.246. The molecule has 4 amide bonds. The lowest BCUT2D eigenvalue weighted by atomic mass is 9.69. The van der Waals surface area contributed by atoms with E-state index in [1.807, 2.05) is 17.0 Å². The number of rotatable bonds is 8. The number of nitrogens with zero attached hydrogens (tertiary/aromatic N) is 4. The highest BCUT2D eigenvalue weighted by Gasteiger charge is 2.47. The van der Waals surface area contributed by atoms with E-state index in [4.69, 9.17) is 0 Å². The van der Waals surface area contributed by atoms with E-state index in [0.717, 1.165) is 76.0 Å². The Morgan fingerprint density at radius 2 is 1.62 bits per heavy atom. The monoisotopic (exact) mass is 807 g/mol. The molecule has 11 nitrogen and oxygen atoms in total. The first kappa shape index (κ1) is 39.6. The molecule has 3 atom stereocenters. The number of benzene rings is 4. The third-order valence-corrected chi connectivity index (χ3v) is 14.1. The predicted octanol–water partition coefficient (Wildman–Crippen LogP) is 5.82. The van der Waals surface area contributed by atoms with Crippen molar-refractivity contribution in [3.8, 4) is 5.75 Å². The van der Waals surface area contributed by atoms with Crippen LogP contribution < -0.4 is 10.2 Å². The number of aldehydes is 1. The smallest absolute Gasteiger partial charge is 0.255 e. The van der Waals surface area contributed by atoms with Crippen LogP contribution in [0.3, 0.4) is 0 Å². The zero-order chi connectivity index (χ0) is 41.5. The van der Waals surface area contributed by atoms with Gasteiger partial charge in [-0.1, -0.05) is 48.5 Å². The van der Waals surface area contributed by atoms with E-state index in [2.05, 4.69) is 75.8 Å². The van der Waals surface area contributed by atoms with Gasteiger partial charge in [-0.3, -0.25) is 34.2 Å². The van der Waals surface area contributed by atoms with Gasteiger partial charge in [0, 0.05) is 68.8 Å². The van der Waals surface area contributed by atoms with Crippen molar-refractivity contribution in [2.45, 2.75) is 75.8 Å². The first-order valence-electron chi connectivity index (χ1n) is 21.5. The highest BCUT2D eigenvalue weighted by molar-refractivity contribution is 6.06. The number of aromatic hydroxyl groups is 1.